The number of benzene rings is 1. The van der Waals surface area contributed by atoms with Crippen LogP contribution in [0.15, 0.2) is 24.3 Å². The lowest BCUT2D eigenvalue weighted by Gasteiger charge is -2.27. The highest BCUT2D eigenvalue weighted by Crippen LogP contribution is 2.30. The van der Waals surface area contributed by atoms with Crippen LogP contribution in [0.2, 0.25) is 5.02 Å². The number of halogens is 1. The molecule has 1 saturated heterocycles. The Morgan fingerprint density at radius 3 is 2.70 bits per heavy atom. The van der Waals surface area contributed by atoms with Crippen molar-refractivity contribution in [2.24, 2.45) is 0 Å². The largest absolute Gasteiger partial charge is 0.378 e. The number of hydrogen-bond acceptors (Lipinski definition) is 6. The first-order valence-corrected chi connectivity index (χ1v) is 7.71. The summed E-state index contributed by atoms with van der Waals surface area (Å²) in [7, 11) is 0. The van der Waals surface area contributed by atoms with Crippen molar-refractivity contribution in [2.75, 3.05) is 36.9 Å². The number of fused-ring (bicyclic) bond motifs is 1. The monoisotopic (exact) mass is 330 g/mol. The number of aromatic nitrogens is 4. The van der Waals surface area contributed by atoms with E-state index < -0.39 is 0 Å². The Bertz CT molecular complexity index is 858. The van der Waals surface area contributed by atoms with Crippen LogP contribution in [-0.4, -0.2) is 46.2 Å². The average molecular weight is 331 g/mol. The molecule has 0 aliphatic carbocycles. The van der Waals surface area contributed by atoms with Crippen LogP contribution in [0.4, 0.5) is 11.8 Å². The second-order valence-corrected chi connectivity index (χ2v) is 5.68. The van der Waals surface area contributed by atoms with E-state index in [9.17, 15) is 0 Å². The highest BCUT2D eigenvalue weighted by molar-refractivity contribution is 6.33. The van der Waals surface area contributed by atoms with E-state index in [0.717, 1.165) is 30.0 Å². The molecule has 1 aliphatic heterocycles. The number of nitrogens with zero attached hydrogens (tertiary/aromatic N) is 4. The van der Waals surface area contributed by atoms with E-state index in [-0.39, 0.29) is 5.95 Å². The Morgan fingerprint density at radius 2 is 1.91 bits per heavy atom. The van der Waals surface area contributed by atoms with E-state index in [1.807, 2.05) is 24.3 Å². The minimum atomic E-state index is 0.205. The second-order valence-electron chi connectivity index (χ2n) is 5.27. The van der Waals surface area contributed by atoms with Gasteiger partial charge < -0.3 is 20.4 Å². The number of H-pyrrole nitrogens is 1. The van der Waals surface area contributed by atoms with E-state index in [1.165, 1.54) is 0 Å². The summed E-state index contributed by atoms with van der Waals surface area (Å²) in [5.74, 6) is 1.61. The molecule has 8 heteroatoms. The van der Waals surface area contributed by atoms with Crippen molar-refractivity contribution in [1.29, 1.82) is 0 Å². The molecule has 0 spiro atoms. The summed E-state index contributed by atoms with van der Waals surface area (Å²) in [6.45, 7) is 2.84. The molecule has 2 aromatic heterocycles. The van der Waals surface area contributed by atoms with Crippen LogP contribution in [0.3, 0.4) is 0 Å². The van der Waals surface area contributed by atoms with E-state index in [2.05, 4.69) is 24.8 Å². The topological polar surface area (TPSA) is 92.9 Å². The molecule has 3 heterocycles. The van der Waals surface area contributed by atoms with Crippen molar-refractivity contribution >= 4 is 34.5 Å². The molecule has 1 aromatic carbocycles. The number of morpholine rings is 1. The smallest absolute Gasteiger partial charge is 0.224 e. The third-order valence-electron chi connectivity index (χ3n) is 3.79. The summed E-state index contributed by atoms with van der Waals surface area (Å²) in [6.07, 6.45) is 0. The van der Waals surface area contributed by atoms with Gasteiger partial charge in [0.2, 0.25) is 5.95 Å². The molecular formula is C15H15ClN6O. The number of aromatic amines is 1. The van der Waals surface area contributed by atoms with Gasteiger partial charge in [-0.15, -0.1) is 0 Å². The highest BCUT2D eigenvalue weighted by atomic mass is 35.5. The lowest BCUT2D eigenvalue weighted by Crippen LogP contribution is -2.37. The van der Waals surface area contributed by atoms with Gasteiger partial charge in [0.05, 0.1) is 18.2 Å². The first-order chi connectivity index (χ1) is 11.2. The third-order valence-corrected chi connectivity index (χ3v) is 4.12. The summed E-state index contributed by atoms with van der Waals surface area (Å²) in [5, 5.41) is 0.625. The normalized spacial score (nSPS) is 15.3. The first-order valence-electron chi connectivity index (χ1n) is 7.33. The Balaban J connectivity index is 1.86. The van der Waals surface area contributed by atoms with Gasteiger partial charge >= 0.3 is 0 Å². The molecule has 1 fully saturated rings. The standard InChI is InChI=1S/C15H15ClN6O/c16-10-4-2-1-3-9(10)12-18-11-13(19-12)20-15(17)21-14(11)22-5-7-23-8-6-22/h1-4H,5-8H2,(H3,17,18,19,20,21). The third kappa shape index (κ3) is 2.58. The second kappa shape index (κ2) is 5.68. The van der Waals surface area contributed by atoms with Gasteiger partial charge in [0.1, 0.15) is 11.3 Å². The van der Waals surface area contributed by atoms with Crippen LogP contribution >= 0.6 is 11.6 Å². The fourth-order valence-corrected chi connectivity index (χ4v) is 2.91. The highest BCUT2D eigenvalue weighted by Gasteiger charge is 2.20. The Morgan fingerprint density at radius 1 is 1.13 bits per heavy atom. The molecule has 0 bridgehead atoms. The molecule has 23 heavy (non-hydrogen) atoms. The fourth-order valence-electron chi connectivity index (χ4n) is 2.68. The molecule has 1 aliphatic rings. The molecule has 3 N–H and O–H groups in total. The molecule has 0 unspecified atom stereocenters. The predicted octanol–water partition coefficient (Wildman–Crippen LogP) is 2.09. The summed E-state index contributed by atoms with van der Waals surface area (Å²) >= 11 is 6.26. The molecule has 0 saturated carbocycles. The van der Waals surface area contributed by atoms with Crippen LogP contribution < -0.4 is 10.6 Å². The van der Waals surface area contributed by atoms with Crippen molar-refractivity contribution in [3.8, 4) is 11.4 Å². The number of hydrogen-bond donors (Lipinski definition) is 2. The van der Waals surface area contributed by atoms with Crippen LogP contribution in [0.1, 0.15) is 0 Å². The number of nitrogen functional groups attached to an aromatic ring is 1. The number of ether oxygens (including phenoxy) is 1. The number of nitrogens with two attached hydrogens (primary N) is 1. The Labute approximate surface area is 137 Å². The minimum Gasteiger partial charge on any atom is -0.378 e. The number of imidazole rings is 1. The Kier molecular flexibility index (Phi) is 3.51. The van der Waals surface area contributed by atoms with Gasteiger partial charge in [0.15, 0.2) is 11.5 Å². The van der Waals surface area contributed by atoms with Crippen LogP contribution in [0.25, 0.3) is 22.6 Å². The van der Waals surface area contributed by atoms with Crippen LogP contribution in [-0.2, 0) is 4.74 Å². The summed E-state index contributed by atoms with van der Waals surface area (Å²) in [5.41, 5.74) is 7.96. The van der Waals surface area contributed by atoms with E-state index in [1.54, 1.807) is 0 Å². The van der Waals surface area contributed by atoms with E-state index >= 15 is 0 Å². The maximum Gasteiger partial charge on any atom is 0.224 e. The molecule has 4 rings (SSSR count). The van der Waals surface area contributed by atoms with Crippen molar-refractivity contribution < 1.29 is 4.74 Å². The maximum absolute atomic E-state index is 6.26. The number of anilines is 2. The zero-order chi connectivity index (χ0) is 15.8. The minimum absolute atomic E-state index is 0.205. The maximum atomic E-state index is 6.26. The zero-order valence-corrected chi connectivity index (χ0v) is 13.0. The van der Waals surface area contributed by atoms with Gasteiger partial charge in [-0.3, -0.25) is 0 Å². The average Bonchev–Trinajstić information content (AvgIpc) is 2.99. The van der Waals surface area contributed by atoms with Crippen molar-refractivity contribution in [3.63, 3.8) is 0 Å². The molecule has 7 nitrogen and oxygen atoms in total. The molecule has 118 valence electrons. The molecule has 0 radical (unpaired) electrons. The fraction of sp³-hybridized carbons (Fsp3) is 0.267. The van der Waals surface area contributed by atoms with Crippen molar-refractivity contribution in [1.82, 2.24) is 19.9 Å². The van der Waals surface area contributed by atoms with Crippen molar-refractivity contribution in [2.45, 2.75) is 0 Å². The lowest BCUT2D eigenvalue weighted by molar-refractivity contribution is 0.122. The lowest BCUT2D eigenvalue weighted by atomic mass is 10.2. The first kappa shape index (κ1) is 14.2. The van der Waals surface area contributed by atoms with Crippen molar-refractivity contribution in [3.05, 3.63) is 29.3 Å². The van der Waals surface area contributed by atoms with Gasteiger partial charge in [0.25, 0.3) is 0 Å². The van der Waals surface area contributed by atoms with E-state index in [4.69, 9.17) is 22.1 Å². The number of rotatable bonds is 2. The van der Waals surface area contributed by atoms with Gasteiger partial charge in [-0.2, -0.15) is 9.97 Å². The zero-order valence-electron chi connectivity index (χ0n) is 12.3. The summed E-state index contributed by atoms with van der Waals surface area (Å²) in [4.78, 5) is 18.6. The summed E-state index contributed by atoms with van der Waals surface area (Å²) < 4.78 is 5.39. The van der Waals surface area contributed by atoms with Crippen LogP contribution in [0.5, 0.6) is 0 Å². The van der Waals surface area contributed by atoms with Gasteiger partial charge in [-0.05, 0) is 12.1 Å². The molecular weight excluding hydrogens is 316 g/mol. The molecule has 0 amide bonds. The van der Waals surface area contributed by atoms with Crippen LogP contribution in [0, 0.1) is 0 Å². The Hall–Kier alpha value is -2.38. The van der Waals surface area contributed by atoms with Gasteiger partial charge in [0, 0.05) is 18.7 Å². The number of nitrogens with one attached hydrogen (secondary N) is 1. The SMILES string of the molecule is Nc1nc(N2CCOCC2)c2[nH]c(-c3ccccc3Cl)nc2n1. The summed E-state index contributed by atoms with van der Waals surface area (Å²) in [6, 6.07) is 7.53. The quantitative estimate of drug-likeness (QED) is 0.747. The molecule has 0 atom stereocenters. The van der Waals surface area contributed by atoms with Gasteiger partial charge in [-0.25, -0.2) is 4.98 Å². The predicted molar refractivity (Wildman–Crippen MR) is 89.6 cm³/mol. The van der Waals surface area contributed by atoms with E-state index in [0.29, 0.717) is 29.7 Å². The van der Waals surface area contributed by atoms with Gasteiger partial charge in [-0.1, -0.05) is 23.7 Å². The molecule has 3 aromatic rings.